The number of rotatable bonds is 9. The molecule has 2 spiro atoms. The molecule has 1 fully saturated rings. The highest BCUT2D eigenvalue weighted by molar-refractivity contribution is 6.77. The molecule has 0 unspecified atom stereocenters. The zero-order valence-corrected chi connectivity index (χ0v) is 50.2. The van der Waals surface area contributed by atoms with Gasteiger partial charge in [-0.05, 0) is 248 Å². The van der Waals surface area contributed by atoms with Gasteiger partial charge in [-0.3, -0.25) is 4.79 Å². The van der Waals surface area contributed by atoms with Crippen LogP contribution in [0.25, 0.3) is 226 Å². The maximum absolute atomic E-state index is 18.6. The number of hydrogen-bond donors (Lipinski definition) is 1. The third-order valence-corrected chi connectivity index (χ3v) is 26.7. The quantitative estimate of drug-likeness (QED) is 0.0279. The summed E-state index contributed by atoms with van der Waals surface area (Å²) in [5.74, 6) is -1.95. The molecule has 23 aromatic rings. The summed E-state index contributed by atoms with van der Waals surface area (Å²) in [6, 6.07) is 7.40. The van der Waals surface area contributed by atoms with E-state index >= 15 is 9.59 Å². The van der Waals surface area contributed by atoms with Crippen molar-refractivity contribution in [2.24, 2.45) is 0 Å². The molecule has 1 aromatic heterocycles. The van der Waals surface area contributed by atoms with Gasteiger partial charge in [-0.15, -0.1) is 0 Å². The van der Waals surface area contributed by atoms with E-state index in [1.165, 1.54) is 129 Å². The molecule has 3 heterocycles. The number of nitrogens with one attached hydrogen (secondary N) is 1. The lowest BCUT2D eigenvalue weighted by Gasteiger charge is -2.56. The molecular formula is C79H35NO12. The van der Waals surface area contributed by atoms with Crippen LogP contribution in [0.3, 0.4) is 0 Å². The van der Waals surface area contributed by atoms with Gasteiger partial charge in [0.05, 0.1) is 29.3 Å². The smallest absolute Gasteiger partial charge is 0.344 e. The first-order valence-corrected chi connectivity index (χ1v) is 32.5. The van der Waals surface area contributed by atoms with Crippen LogP contribution in [0.2, 0.25) is 0 Å². The molecule has 7 aliphatic carbocycles. The molecule has 13 heteroatoms. The molecule has 0 saturated carbocycles. The summed E-state index contributed by atoms with van der Waals surface area (Å²) in [6.07, 6.45) is 0. The molecular weight excluding hydrogens is 1150 g/mol. The number of epoxide rings is 1. The summed E-state index contributed by atoms with van der Waals surface area (Å²) < 4.78 is 30.8. The average molecular weight is 1190 g/mol. The number of benzene rings is 16. The molecule has 32 rings (SSSR count). The summed E-state index contributed by atoms with van der Waals surface area (Å²) >= 11 is 0. The Balaban J connectivity index is 1.01. The highest BCUT2D eigenvalue weighted by atomic mass is 17.2. The Morgan fingerprint density at radius 1 is 0.380 bits per heavy atom. The van der Waals surface area contributed by atoms with Gasteiger partial charge in [0, 0.05) is 115 Å². The zero-order valence-electron chi connectivity index (χ0n) is 50.2. The van der Waals surface area contributed by atoms with E-state index in [0.29, 0.717) is 50.2 Å². The predicted molar refractivity (Wildman–Crippen MR) is 350 cm³/mol. The van der Waals surface area contributed by atoms with Crippen LogP contribution in [-0.2, 0) is 66.0 Å². The number of amides is 1. The Hall–Kier alpha value is -9.12. The molecule has 2 aliphatic heterocycles. The normalized spacial score (nSPS) is 27.7. The first-order valence-electron chi connectivity index (χ1n) is 32.5. The van der Waals surface area contributed by atoms with Gasteiger partial charge in [-0.2, -0.15) is 0 Å². The number of ether oxygens (including phenoxy) is 3. The molecule has 0 bridgehead atoms. The van der Waals surface area contributed by atoms with E-state index in [9.17, 15) is 0 Å². The molecule has 428 valence electrons. The fraction of sp³-hybridized carbons (Fsp3) is 0.241. The summed E-state index contributed by atoms with van der Waals surface area (Å²) in [7, 11) is 1.63. The number of carbonyl (C=O) groups is 1. The molecule has 1 N–H and O–H groups in total. The molecule has 6 atom stereocenters. The van der Waals surface area contributed by atoms with Crippen LogP contribution in [0.15, 0.2) is 44.6 Å². The van der Waals surface area contributed by atoms with Crippen LogP contribution in [0.4, 0.5) is 5.69 Å². The SMILES string of the molecule is COc1ccc(NC(=O)[C@@]23O[C@@]45O[C@]46c4c7c8c9c%10c%11c%12c%13c(c%14c%15c%16c(c%17oc(=O)c%18c6c6c4c4c8c8c%19c9c%12c9c%12c%13c%15c%13c%15c%16c%16c%17c%18c%17c6c6c4c8c4c(c9%19)c(c%12%13)c8c%15c%16c%17c6c48)[C@]%142OOC(C)(C)C)[C@@]%11(OOC(C)(C)C)C3=C5[C@]%107OOC(C)(C)C)cc1. The minimum Gasteiger partial charge on any atom is -0.497 e. The van der Waals surface area contributed by atoms with Crippen molar-refractivity contribution >= 4 is 238 Å². The standard InChI is InChI=1S/C79H35NO12/c1-71(2,3)87-90-74-59-49-39-29-23-19-18-17-21-20(19)25-32(29)42-44-34(25)35-26(21)36-27-22(17)28-33-24(18)31-30(23)40(39)50-52-41(31)43(33)53-48-38(28)37(27)47-56-46(36)45(35)55-54(44)63(61(74)51(42)49)76(92-89-73(7,8)9)65(55)66(56)84-69(81)57(47)58(48)77-64(53)62(52)75(60(50)59,91-88-72(4,5)6)68-67(74)78(76,86-79(68,77)85-77)70(82)80-15-11-13-16(83-10)14-12-15/h11-14H,1-10H3,(H,80,82)/t74-,75+,76-,77-,78-,79-/m1/s1. The fourth-order valence-electron chi connectivity index (χ4n) is 25.7. The lowest BCUT2D eigenvalue weighted by molar-refractivity contribution is -0.430. The Labute approximate surface area is 509 Å². The van der Waals surface area contributed by atoms with E-state index in [4.69, 9.17) is 48.0 Å². The van der Waals surface area contributed by atoms with Crippen LogP contribution in [0.5, 0.6) is 5.75 Å². The number of anilines is 1. The molecule has 1 amide bonds. The van der Waals surface area contributed by atoms with Crippen molar-refractivity contribution in [2.75, 3.05) is 12.4 Å². The van der Waals surface area contributed by atoms with E-state index in [0.717, 1.165) is 114 Å². The Kier molecular flexibility index (Phi) is 4.80. The summed E-state index contributed by atoms with van der Waals surface area (Å²) in [5, 5.41) is 51.3. The fourth-order valence-corrected chi connectivity index (χ4v) is 25.7. The number of fused-ring (bicyclic) bond motifs is 4. The maximum atomic E-state index is 18.6. The lowest BCUT2D eigenvalue weighted by atomic mass is 9.52. The van der Waals surface area contributed by atoms with Gasteiger partial charge in [0.15, 0.2) is 16.8 Å². The van der Waals surface area contributed by atoms with Crippen LogP contribution in [0, 0.1) is 0 Å². The van der Waals surface area contributed by atoms with E-state index < -0.39 is 62.1 Å². The third kappa shape index (κ3) is 2.85. The van der Waals surface area contributed by atoms with Gasteiger partial charge >= 0.3 is 5.63 Å². The number of methoxy groups -OCH3 is 1. The number of hydrogen-bond acceptors (Lipinski definition) is 12. The van der Waals surface area contributed by atoms with Crippen molar-refractivity contribution in [3.63, 3.8) is 0 Å². The molecule has 22 aromatic carbocycles. The van der Waals surface area contributed by atoms with Crippen molar-refractivity contribution in [1.82, 2.24) is 0 Å². The first kappa shape index (κ1) is 42.8. The summed E-state index contributed by atoms with van der Waals surface area (Å²) in [5.41, 5.74) is -5.19. The van der Waals surface area contributed by atoms with E-state index in [-0.39, 0.29) is 0 Å². The molecule has 13 nitrogen and oxygen atoms in total. The molecule has 92 heavy (non-hydrogen) atoms. The van der Waals surface area contributed by atoms with E-state index in [1.807, 2.05) is 86.6 Å². The molecule has 9 aliphatic rings. The summed E-state index contributed by atoms with van der Waals surface area (Å²) in [6.45, 7) is 18.0. The van der Waals surface area contributed by atoms with Crippen molar-refractivity contribution in [2.45, 2.75) is 113 Å². The highest BCUT2D eigenvalue weighted by Gasteiger charge is 2.97. The monoisotopic (exact) mass is 1190 g/mol. The third-order valence-electron chi connectivity index (χ3n) is 26.7. The van der Waals surface area contributed by atoms with Gasteiger partial charge in [-0.25, -0.2) is 34.1 Å². The highest BCUT2D eigenvalue weighted by Crippen LogP contribution is 2.92. The van der Waals surface area contributed by atoms with Crippen LogP contribution >= 0.6 is 0 Å². The Morgan fingerprint density at radius 2 is 0.728 bits per heavy atom. The van der Waals surface area contributed by atoms with Gasteiger partial charge in [0.1, 0.15) is 11.3 Å². The first-order chi connectivity index (χ1) is 44.3. The summed E-state index contributed by atoms with van der Waals surface area (Å²) in [4.78, 5) is 82.0. The maximum Gasteiger partial charge on any atom is 0.344 e. The molecule has 0 radical (unpaired) electrons. The van der Waals surface area contributed by atoms with Crippen molar-refractivity contribution in [1.29, 1.82) is 0 Å². The molecule has 1 saturated heterocycles. The Morgan fingerprint density at radius 3 is 1.17 bits per heavy atom. The van der Waals surface area contributed by atoms with E-state index in [2.05, 4.69) is 5.32 Å². The lowest BCUT2D eigenvalue weighted by Crippen LogP contribution is -2.69. The minimum atomic E-state index is -2.46. The Bertz CT molecular complexity index is 7930. The van der Waals surface area contributed by atoms with Crippen LogP contribution < -0.4 is 15.7 Å². The van der Waals surface area contributed by atoms with Crippen LogP contribution in [0.1, 0.15) is 107 Å². The second-order valence-corrected chi connectivity index (χ2v) is 33.1. The number of carbonyl (C=O) groups excluding carboxylic acids is 1. The van der Waals surface area contributed by atoms with Gasteiger partial charge in [0.25, 0.3) is 5.91 Å². The second-order valence-electron chi connectivity index (χ2n) is 33.1. The van der Waals surface area contributed by atoms with Gasteiger partial charge < -0.3 is 23.9 Å². The van der Waals surface area contributed by atoms with Gasteiger partial charge in [-0.1, -0.05) is 0 Å². The van der Waals surface area contributed by atoms with Crippen molar-refractivity contribution in [3.05, 3.63) is 90.3 Å². The largest absolute Gasteiger partial charge is 0.497 e. The zero-order chi connectivity index (χ0) is 59.4. The predicted octanol–water partition coefficient (Wildman–Crippen LogP) is 17.1. The van der Waals surface area contributed by atoms with E-state index in [1.54, 1.807) is 7.11 Å². The van der Waals surface area contributed by atoms with Crippen molar-refractivity contribution in [3.8, 4) is 5.75 Å². The second kappa shape index (κ2) is 10.3. The topological polar surface area (TPSA) is 146 Å². The van der Waals surface area contributed by atoms with Gasteiger partial charge in [0.2, 0.25) is 17.0 Å². The van der Waals surface area contributed by atoms with Crippen molar-refractivity contribution < 1.29 is 52.7 Å². The minimum absolute atomic E-state index is 0.349. The average Bonchev–Trinajstić information content (AvgIpc) is 1.37. The van der Waals surface area contributed by atoms with Crippen LogP contribution in [-0.4, -0.2) is 41.2 Å².